The molecule has 4 aromatic heterocycles. The summed E-state index contributed by atoms with van der Waals surface area (Å²) >= 11 is 0. The molecule has 300 valence electrons. The first-order chi connectivity index (χ1) is 32.8. The molecule has 5 heteroatoms. The molecule has 0 saturated heterocycles. The molecule has 2 atom stereocenters. The van der Waals surface area contributed by atoms with Gasteiger partial charge in [-0.25, -0.2) is 0 Å². The third-order valence-corrected chi connectivity index (χ3v) is 17.8. The van der Waals surface area contributed by atoms with E-state index in [2.05, 4.69) is 192 Å². The van der Waals surface area contributed by atoms with Gasteiger partial charge in [0.05, 0.1) is 57.6 Å². The Bertz CT molecular complexity index is 3790. The largest absolute Gasteiger partial charge is 0.452 e. The maximum Gasteiger partial charge on any atom is 0.423 e. The molecular weight excluding hydrogens is 805 g/mol. The molecule has 2 unspecified atom stereocenters. The highest BCUT2D eigenvalue weighted by atomic mass is 16.5. The minimum atomic E-state index is -0.886. The lowest BCUT2D eigenvalue weighted by Crippen LogP contribution is -2.80. The molecule has 9 aliphatic rings. The van der Waals surface area contributed by atoms with Crippen LogP contribution in [0.1, 0.15) is 101 Å². The van der Waals surface area contributed by atoms with Crippen molar-refractivity contribution in [1.82, 2.24) is 9.97 Å². The average Bonchev–Trinajstić information content (AvgIpc) is 4.09. The van der Waals surface area contributed by atoms with Crippen LogP contribution in [0, 0.1) is 0 Å². The van der Waals surface area contributed by atoms with Gasteiger partial charge in [0.25, 0.3) is 0 Å². The Morgan fingerprint density at radius 3 is 1.15 bits per heavy atom. The summed E-state index contributed by atoms with van der Waals surface area (Å²) in [7, 11) is 0. The zero-order chi connectivity index (χ0) is 42.2. The quantitative estimate of drug-likeness (QED) is 0.143. The van der Waals surface area contributed by atoms with Crippen LogP contribution < -0.4 is 13.9 Å². The van der Waals surface area contributed by atoms with Crippen molar-refractivity contribution in [3.05, 3.63) is 272 Å². The summed E-state index contributed by atoms with van der Waals surface area (Å²) in [6, 6.07) is 59.9. The zero-order valence-corrected chi connectivity index (χ0v) is 35.2. The van der Waals surface area contributed by atoms with Gasteiger partial charge in [0.2, 0.25) is 11.4 Å². The number of ether oxygens (including phenoxy) is 1. The number of benzene rings is 6. The van der Waals surface area contributed by atoms with Crippen molar-refractivity contribution in [3.63, 3.8) is 0 Å². The number of nitrogens with zero attached hydrogens (tertiary/aromatic N) is 4. The summed E-state index contributed by atoms with van der Waals surface area (Å²) < 4.78 is 12.8. The molecule has 66 heavy (non-hydrogen) atoms. The van der Waals surface area contributed by atoms with Crippen molar-refractivity contribution in [3.8, 4) is 56.0 Å². The van der Waals surface area contributed by atoms with E-state index in [-0.39, 0.29) is 11.8 Å². The van der Waals surface area contributed by atoms with Crippen LogP contribution in [0.3, 0.4) is 0 Å². The highest BCUT2D eigenvalue weighted by molar-refractivity contribution is 5.95. The maximum absolute atomic E-state index is 7.47. The van der Waals surface area contributed by atoms with E-state index in [1.807, 2.05) is 0 Å². The molecule has 0 bridgehead atoms. The third kappa shape index (κ3) is 2.86. The van der Waals surface area contributed by atoms with Gasteiger partial charge in [-0.05, 0) is 90.0 Å². The molecule has 19 rings (SSSR count). The number of fused-ring (bicyclic) bond motifs is 16. The van der Waals surface area contributed by atoms with E-state index in [0.29, 0.717) is 0 Å². The van der Waals surface area contributed by atoms with Crippen molar-refractivity contribution >= 4 is 0 Å². The van der Waals surface area contributed by atoms with E-state index < -0.39 is 16.5 Å². The fraction of sp³-hybridized carbons (Fsp3) is 0.0820. The molecule has 0 fully saturated rings. The first-order valence-electron chi connectivity index (χ1n) is 23.3. The Hall–Kier alpha value is -8.28. The van der Waals surface area contributed by atoms with Gasteiger partial charge >= 0.3 is 5.66 Å². The lowest BCUT2D eigenvalue weighted by Gasteiger charge is -2.48. The van der Waals surface area contributed by atoms with Gasteiger partial charge in [0.15, 0.2) is 35.0 Å². The van der Waals surface area contributed by atoms with Gasteiger partial charge in [-0.1, -0.05) is 133 Å². The predicted molar refractivity (Wildman–Crippen MR) is 248 cm³/mol. The van der Waals surface area contributed by atoms with Crippen molar-refractivity contribution < 1.29 is 13.9 Å². The van der Waals surface area contributed by atoms with Crippen LogP contribution in [0.25, 0.3) is 44.5 Å². The van der Waals surface area contributed by atoms with E-state index in [1.54, 1.807) is 0 Å². The molecule has 3 spiro atoms. The van der Waals surface area contributed by atoms with Crippen molar-refractivity contribution in [2.45, 2.75) is 28.3 Å². The van der Waals surface area contributed by atoms with Crippen LogP contribution in [-0.2, 0) is 16.5 Å². The first kappa shape index (κ1) is 32.4. The Kier molecular flexibility index (Phi) is 4.91. The van der Waals surface area contributed by atoms with Crippen LogP contribution in [0.2, 0.25) is 0 Å². The van der Waals surface area contributed by atoms with Gasteiger partial charge in [0, 0.05) is 23.3 Å². The second-order valence-electron chi connectivity index (χ2n) is 19.7. The number of hydrogen-bond donors (Lipinski definition) is 0. The molecule has 6 aliphatic carbocycles. The number of rotatable bonds is 0. The average molecular weight is 837 g/mol. The van der Waals surface area contributed by atoms with Crippen molar-refractivity contribution in [2.75, 3.05) is 0 Å². The third-order valence-electron chi connectivity index (χ3n) is 17.8. The summed E-state index contributed by atoms with van der Waals surface area (Å²) in [6.07, 6.45) is 8.89. The molecule has 0 N–H and O–H groups in total. The van der Waals surface area contributed by atoms with Crippen molar-refractivity contribution in [2.24, 2.45) is 0 Å². The minimum Gasteiger partial charge on any atom is -0.452 e. The predicted octanol–water partition coefficient (Wildman–Crippen LogP) is 10.8. The Morgan fingerprint density at radius 1 is 0.364 bits per heavy atom. The Balaban J connectivity index is 1.05. The van der Waals surface area contributed by atoms with E-state index in [1.165, 1.54) is 123 Å². The molecule has 10 aromatic rings. The van der Waals surface area contributed by atoms with Gasteiger partial charge in [-0.2, -0.15) is 0 Å². The SMILES string of the molecule is c1ccc2c(c1)-c1ccccc1C21c2cccc3c2C2c4c1ncc1c4C4(c5c(cnc6c5C5c7c(cccc7C67c6ccccc6-c6ccccc67)-c6ccc[n+]4c65)O1)[n+]1cccc-3c12. The van der Waals surface area contributed by atoms with E-state index >= 15 is 0 Å². The Morgan fingerprint density at radius 2 is 0.727 bits per heavy atom. The fourth-order valence-electron chi connectivity index (χ4n) is 16.1. The standard InChI is InChI=1S/C61H32N4O/c1-5-21-39-31(13-1)32-14-2-6-22-40(32)59(39)43-25-9-17-35-37-19-11-27-64-55(37)49(47(35)43)51-53-45(29-62-57(51)59)66-46-30-63-58-52-50-48-36(38-20-12-28-65(56(38)50)61(53,64)54(46)52)18-10-26-44(48)60(58)41-23-7-3-15-33(41)34-16-4-8-24-42(34)60/h1-30,49-50H/q+2. The molecule has 6 aromatic carbocycles. The lowest BCUT2D eigenvalue weighted by atomic mass is 9.56. The summed E-state index contributed by atoms with van der Waals surface area (Å²) in [5.74, 6) is 1.53. The molecule has 7 heterocycles. The monoisotopic (exact) mass is 836 g/mol. The number of aromatic nitrogens is 4. The van der Waals surface area contributed by atoms with E-state index in [4.69, 9.17) is 14.7 Å². The first-order valence-corrected chi connectivity index (χ1v) is 23.3. The van der Waals surface area contributed by atoms with E-state index in [9.17, 15) is 0 Å². The van der Waals surface area contributed by atoms with Crippen LogP contribution in [-0.4, -0.2) is 9.97 Å². The molecule has 5 nitrogen and oxygen atoms in total. The smallest absolute Gasteiger partial charge is 0.423 e. The van der Waals surface area contributed by atoms with Crippen LogP contribution >= 0.6 is 0 Å². The summed E-state index contributed by atoms with van der Waals surface area (Å²) in [6.45, 7) is 0. The normalized spacial score (nSPS) is 20.8. The molecule has 0 saturated carbocycles. The lowest BCUT2D eigenvalue weighted by molar-refractivity contribution is -0.979. The Labute approximate surface area is 378 Å². The highest BCUT2D eigenvalue weighted by Crippen LogP contribution is 2.72. The fourth-order valence-corrected chi connectivity index (χ4v) is 16.1. The number of pyridine rings is 4. The summed E-state index contributed by atoms with van der Waals surface area (Å²) in [4.78, 5) is 11.5. The molecule has 0 radical (unpaired) electrons. The van der Waals surface area contributed by atoms with Gasteiger partial charge in [0.1, 0.15) is 0 Å². The molecular formula is C61H32N4O+2. The van der Waals surface area contributed by atoms with Crippen LogP contribution in [0.15, 0.2) is 183 Å². The second-order valence-corrected chi connectivity index (χ2v) is 19.7. The van der Waals surface area contributed by atoms with Crippen LogP contribution in [0.5, 0.6) is 11.5 Å². The highest BCUT2D eigenvalue weighted by Gasteiger charge is 2.76. The van der Waals surface area contributed by atoms with Crippen LogP contribution in [0.4, 0.5) is 0 Å². The van der Waals surface area contributed by atoms with Gasteiger partial charge in [-0.15, -0.1) is 9.13 Å². The number of hydrogen-bond acceptors (Lipinski definition) is 3. The maximum atomic E-state index is 7.47. The van der Waals surface area contributed by atoms with Gasteiger partial charge in [-0.3, -0.25) is 9.97 Å². The molecule has 3 aliphatic heterocycles. The second kappa shape index (κ2) is 10.00. The minimum absolute atomic E-state index is 0.0392. The summed E-state index contributed by atoms with van der Waals surface area (Å²) in [5.41, 5.74) is 28.6. The van der Waals surface area contributed by atoms with Gasteiger partial charge < -0.3 is 4.74 Å². The van der Waals surface area contributed by atoms with E-state index in [0.717, 1.165) is 22.9 Å². The van der Waals surface area contributed by atoms with Crippen molar-refractivity contribution in [1.29, 1.82) is 0 Å². The molecule has 0 amide bonds. The zero-order valence-electron chi connectivity index (χ0n) is 35.2. The topological polar surface area (TPSA) is 42.8 Å². The summed E-state index contributed by atoms with van der Waals surface area (Å²) in [5, 5.41) is 0.